The molecule has 10 heavy (non-hydrogen) atoms. The number of alkyl halides is 2. The van der Waals surface area contributed by atoms with Crippen molar-refractivity contribution in [2.75, 3.05) is 0 Å². The van der Waals surface area contributed by atoms with Crippen molar-refractivity contribution in [3.05, 3.63) is 0 Å². The molecule has 0 spiro atoms. The van der Waals surface area contributed by atoms with Gasteiger partial charge in [0.1, 0.15) is 0 Å². The van der Waals surface area contributed by atoms with Crippen LogP contribution < -0.4 is 0 Å². The second-order valence-electron chi connectivity index (χ2n) is 2.36. The average molecular weight is 147 g/mol. The van der Waals surface area contributed by atoms with Crippen LogP contribution in [-0.4, -0.2) is 6.43 Å². The van der Waals surface area contributed by atoms with E-state index in [1.807, 2.05) is 6.07 Å². The molecule has 0 saturated carbocycles. The van der Waals surface area contributed by atoms with Crippen LogP contribution in [0.2, 0.25) is 0 Å². The van der Waals surface area contributed by atoms with Crippen LogP contribution in [0.1, 0.15) is 26.2 Å². The summed E-state index contributed by atoms with van der Waals surface area (Å²) in [7, 11) is 0. The van der Waals surface area contributed by atoms with Crippen LogP contribution in [0.25, 0.3) is 0 Å². The molecule has 0 radical (unpaired) electrons. The van der Waals surface area contributed by atoms with E-state index in [4.69, 9.17) is 5.26 Å². The van der Waals surface area contributed by atoms with Crippen LogP contribution in [0.4, 0.5) is 8.78 Å². The van der Waals surface area contributed by atoms with Crippen molar-refractivity contribution in [1.82, 2.24) is 0 Å². The molecule has 58 valence electrons. The van der Waals surface area contributed by atoms with Gasteiger partial charge in [0.05, 0.1) is 6.07 Å². The van der Waals surface area contributed by atoms with E-state index in [0.717, 1.165) is 0 Å². The Bertz CT molecular complexity index is 117. The zero-order valence-electron chi connectivity index (χ0n) is 5.98. The minimum atomic E-state index is -2.24. The number of nitrogens with zero attached hydrogens (tertiary/aromatic N) is 1. The quantitative estimate of drug-likeness (QED) is 0.560. The maximum atomic E-state index is 11.8. The third kappa shape index (κ3) is 4.25. The van der Waals surface area contributed by atoms with E-state index in [1.165, 1.54) is 6.92 Å². The number of rotatable bonds is 4. The Morgan fingerprint density at radius 1 is 1.50 bits per heavy atom. The van der Waals surface area contributed by atoms with Crippen molar-refractivity contribution < 1.29 is 8.78 Å². The second-order valence-corrected chi connectivity index (χ2v) is 2.36. The van der Waals surface area contributed by atoms with Crippen LogP contribution in [0, 0.1) is 17.2 Å². The first-order valence-corrected chi connectivity index (χ1v) is 3.33. The summed E-state index contributed by atoms with van der Waals surface area (Å²) in [5.41, 5.74) is 0. The number of unbranched alkanes of at least 4 members (excludes halogenated alkanes) is 1. The van der Waals surface area contributed by atoms with Gasteiger partial charge in [-0.3, -0.25) is 0 Å². The maximum Gasteiger partial charge on any atom is 0.241 e. The van der Waals surface area contributed by atoms with E-state index in [-0.39, 0.29) is 0 Å². The summed E-state index contributed by atoms with van der Waals surface area (Å²) in [4.78, 5) is 0. The van der Waals surface area contributed by atoms with Gasteiger partial charge in [0.2, 0.25) is 6.43 Å². The fourth-order valence-corrected chi connectivity index (χ4v) is 0.629. The van der Waals surface area contributed by atoms with Crippen LogP contribution in [0.3, 0.4) is 0 Å². The lowest BCUT2D eigenvalue weighted by molar-refractivity contribution is 0.0811. The first-order valence-electron chi connectivity index (χ1n) is 3.33. The molecule has 0 aromatic carbocycles. The van der Waals surface area contributed by atoms with Crippen molar-refractivity contribution in [2.45, 2.75) is 32.6 Å². The van der Waals surface area contributed by atoms with Crippen LogP contribution >= 0.6 is 0 Å². The van der Waals surface area contributed by atoms with Gasteiger partial charge in [-0.1, -0.05) is 6.92 Å². The molecule has 0 heterocycles. The molecule has 0 fully saturated rings. The van der Waals surface area contributed by atoms with E-state index in [1.54, 1.807) is 0 Å². The summed E-state index contributed by atoms with van der Waals surface area (Å²) in [6, 6.07) is 1.92. The Kier molecular flexibility index (Phi) is 4.82. The van der Waals surface area contributed by atoms with E-state index in [0.29, 0.717) is 19.3 Å². The molecule has 1 nitrogen and oxygen atoms in total. The third-order valence-electron chi connectivity index (χ3n) is 1.38. The molecule has 0 N–H and O–H groups in total. The summed E-state index contributed by atoms with van der Waals surface area (Å²) in [5.74, 6) is -0.562. The summed E-state index contributed by atoms with van der Waals surface area (Å²) >= 11 is 0. The maximum absolute atomic E-state index is 11.8. The first kappa shape index (κ1) is 9.35. The van der Waals surface area contributed by atoms with E-state index >= 15 is 0 Å². The highest BCUT2D eigenvalue weighted by atomic mass is 19.3. The summed E-state index contributed by atoms with van der Waals surface area (Å²) in [5, 5.41) is 8.08. The molecule has 0 aliphatic heterocycles. The standard InChI is InChI=1S/C7H11F2N/c1-6(7(8)9)4-2-3-5-10/h6-7H,2-4H2,1H3. The summed E-state index contributed by atoms with van der Waals surface area (Å²) in [6.07, 6.45) is -0.816. The Labute approximate surface area is 59.7 Å². The van der Waals surface area contributed by atoms with Gasteiger partial charge in [-0.2, -0.15) is 5.26 Å². The molecule has 0 aromatic rings. The SMILES string of the molecule is CC(CCCC#N)C(F)F. The smallest absolute Gasteiger partial charge is 0.210 e. The van der Waals surface area contributed by atoms with Gasteiger partial charge >= 0.3 is 0 Å². The predicted octanol–water partition coefficient (Wildman–Crippen LogP) is 2.58. The van der Waals surface area contributed by atoms with E-state index in [2.05, 4.69) is 0 Å². The van der Waals surface area contributed by atoms with Gasteiger partial charge in [0, 0.05) is 12.3 Å². The Morgan fingerprint density at radius 3 is 2.50 bits per heavy atom. The highest BCUT2D eigenvalue weighted by Crippen LogP contribution is 2.15. The van der Waals surface area contributed by atoms with Crippen molar-refractivity contribution in [1.29, 1.82) is 5.26 Å². The van der Waals surface area contributed by atoms with E-state index < -0.39 is 12.3 Å². The molecule has 0 rings (SSSR count). The monoisotopic (exact) mass is 147 g/mol. The molecular weight excluding hydrogens is 136 g/mol. The zero-order chi connectivity index (χ0) is 7.98. The highest BCUT2D eigenvalue weighted by Gasteiger charge is 2.12. The molecule has 0 aromatic heterocycles. The Hall–Kier alpha value is -0.650. The van der Waals surface area contributed by atoms with Crippen LogP contribution in [-0.2, 0) is 0 Å². The molecule has 1 unspecified atom stereocenters. The number of hydrogen-bond acceptors (Lipinski definition) is 1. The molecule has 0 aliphatic rings. The van der Waals surface area contributed by atoms with Crippen LogP contribution in [0.15, 0.2) is 0 Å². The van der Waals surface area contributed by atoms with Crippen molar-refractivity contribution >= 4 is 0 Å². The number of nitriles is 1. The van der Waals surface area contributed by atoms with Gasteiger partial charge in [-0.05, 0) is 12.8 Å². The first-order chi connectivity index (χ1) is 4.68. The van der Waals surface area contributed by atoms with E-state index in [9.17, 15) is 8.78 Å². The summed E-state index contributed by atoms with van der Waals surface area (Å²) in [6.45, 7) is 1.50. The molecule has 0 amide bonds. The molecule has 1 atom stereocenters. The third-order valence-corrected chi connectivity index (χ3v) is 1.38. The Morgan fingerprint density at radius 2 is 2.10 bits per heavy atom. The van der Waals surface area contributed by atoms with Crippen molar-refractivity contribution in [2.24, 2.45) is 5.92 Å². The fraction of sp³-hybridized carbons (Fsp3) is 0.857. The van der Waals surface area contributed by atoms with Gasteiger partial charge < -0.3 is 0 Å². The number of halogens is 2. The van der Waals surface area contributed by atoms with Gasteiger partial charge in [-0.25, -0.2) is 8.78 Å². The molecule has 0 aliphatic carbocycles. The normalized spacial score (nSPS) is 13.1. The van der Waals surface area contributed by atoms with Crippen LogP contribution in [0.5, 0.6) is 0 Å². The van der Waals surface area contributed by atoms with Crippen molar-refractivity contribution in [3.8, 4) is 6.07 Å². The summed E-state index contributed by atoms with van der Waals surface area (Å²) < 4.78 is 23.5. The lowest BCUT2D eigenvalue weighted by Crippen LogP contribution is -2.05. The van der Waals surface area contributed by atoms with Gasteiger partial charge in [0.25, 0.3) is 0 Å². The fourth-order valence-electron chi connectivity index (χ4n) is 0.629. The average Bonchev–Trinajstić information content (AvgIpc) is 1.88. The predicted molar refractivity (Wildman–Crippen MR) is 34.6 cm³/mol. The topological polar surface area (TPSA) is 23.8 Å². The molecule has 0 saturated heterocycles. The molecule has 3 heteroatoms. The largest absolute Gasteiger partial charge is 0.241 e. The minimum Gasteiger partial charge on any atom is -0.210 e. The Balaban J connectivity index is 3.23. The van der Waals surface area contributed by atoms with Gasteiger partial charge in [-0.15, -0.1) is 0 Å². The molecular formula is C7H11F2N. The van der Waals surface area contributed by atoms with Gasteiger partial charge in [0.15, 0.2) is 0 Å². The minimum absolute atomic E-state index is 0.386. The lowest BCUT2D eigenvalue weighted by atomic mass is 10.1. The lowest BCUT2D eigenvalue weighted by Gasteiger charge is -2.06. The number of hydrogen-bond donors (Lipinski definition) is 0. The van der Waals surface area contributed by atoms with Crippen molar-refractivity contribution in [3.63, 3.8) is 0 Å². The highest BCUT2D eigenvalue weighted by molar-refractivity contribution is 4.69. The second kappa shape index (κ2) is 5.16. The molecule has 0 bridgehead atoms. The zero-order valence-corrected chi connectivity index (χ0v) is 5.98.